The molecule has 2 aromatic rings. The van der Waals surface area contributed by atoms with Crippen molar-refractivity contribution < 1.29 is 13.2 Å². The van der Waals surface area contributed by atoms with Crippen LogP contribution in [0.4, 0.5) is 5.69 Å². The molecule has 0 saturated heterocycles. The van der Waals surface area contributed by atoms with E-state index in [1.54, 1.807) is 36.4 Å². The van der Waals surface area contributed by atoms with Crippen LogP contribution in [0.2, 0.25) is 0 Å². The first kappa shape index (κ1) is 17.5. The quantitative estimate of drug-likeness (QED) is 0.812. The van der Waals surface area contributed by atoms with Crippen molar-refractivity contribution >= 4 is 37.5 Å². The third kappa shape index (κ3) is 4.80. The molecule has 0 heterocycles. The highest BCUT2D eigenvalue weighted by molar-refractivity contribution is 9.10. The van der Waals surface area contributed by atoms with Gasteiger partial charge in [-0.25, -0.2) is 8.42 Å². The van der Waals surface area contributed by atoms with Crippen molar-refractivity contribution in [3.05, 3.63) is 58.6 Å². The maximum Gasteiger partial charge on any atom is 0.261 e. The lowest BCUT2D eigenvalue weighted by Crippen LogP contribution is -2.30. The normalized spacial score (nSPS) is 11.3. The molecule has 0 unspecified atom stereocenters. The van der Waals surface area contributed by atoms with Gasteiger partial charge in [0.2, 0.25) is 0 Å². The van der Waals surface area contributed by atoms with E-state index >= 15 is 0 Å². The minimum Gasteiger partial charge on any atom is -0.350 e. The number of nitrogens with one attached hydrogen (secondary N) is 2. The van der Waals surface area contributed by atoms with Crippen molar-refractivity contribution in [1.29, 1.82) is 0 Å². The van der Waals surface area contributed by atoms with E-state index in [0.29, 0.717) is 11.3 Å². The van der Waals surface area contributed by atoms with Crippen LogP contribution in [0.1, 0.15) is 24.2 Å². The molecule has 7 heteroatoms. The molecule has 2 N–H and O–H groups in total. The van der Waals surface area contributed by atoms with Crippen molar-refractivity contribution in [1.82, 2.24) is 5.32 Å². The number of carbonyl (C=O) groups excluding carboxylic acids is 1. The third-order valence-electron chi connectivity index (χ3n) is 2.90. The lowest BCUT2D eigenvalue weighted by Gasteiger charge is -2.11. The van der Waals surface area contributed by atoms with Crippen LogP contribution < -0.4 is 10.0 Å². The van der Waals surface area contributed by atoms with E-state index < -0.39 is 10.0 Å². The van der Waals surface area contributed by atoms with Crippen molar-refractivity contribution in [3.8, 4) is 0 Å². The van der Waals surface area contributed by atoms with E-state index in [1.165, 1.54) is 12.1 Å². The summed E-state index contributed by atoms with van der Waals surface area (Å²) in [5.74, 6) is -0.306. The summed E-state index contributed by atoms with van der Waals surface area (Å²) in [4.78, 5) is 12.0. The van der Waals surface area contributed by atoms with Gasteiger partial charge in [0.05, 0.1) is 4.90 Å². The molecule has 0 spiro atoms. The molecular weight excluding hydrogens is 380 g/mol. The second-order valence-corrected chi connectivity index (χ2v) is 7.87. The second kappa shape index (κ2) is 7.14. The predicted molar refractivity (Wildman–Crippen MR) is 94.0 cm³/mol. The van der Waals surface area contributed by atoms with Crippen LogP contribution in [0.25, 0.3) is 0 Å². The van der Waals surface area contributed by atoms with Gasteiger partial charge in [0.25, 0.3) is 15.9 Å². The highest BCUT2D eigenvalue weighted by atomic mass is 79.9. The summed E-state index contributed by atoms with van der Waals surface area (Å²) in [7, 11) is -3.77. The molecule has 0 aliphatic rings. The van der Waals surface area contributed by atoms with Crippen LogP contribution in [0, 0.1) is 0 Å². The number of halogens is 1. The molecule has 23 heavy (non-hydrogen) atoms. The smallest absolute Gasteiger partial charge is 0.261 e. The van der Waals surface area contributed by atoms with Crippen LogP contribution in [-0.4, -0.2) is 20.4 Å². The SMILES string of the molecule is CC(C)NC(=O)c1cccc(S(=O)(=O)Nc2cccc(Br)c2)c1. The fraction of sp³-hybridized carbons (Fsp3) is 0.188. The first-order chi connectivity index (χ1) is 10.8. The van der Waals surface area contributed by atoms with Gasteiger partial charge < -0.3 is 5.32 Å². The highest BCUT2D eigenvalue weighted by Gasteiger charge is 2.17. The van der Waals surface area contributed by atoms with E-state index in [0.717, 1.165) is 4.47 Å². The van der Waals surface area contributed by atoms with E-state index in [1.807, 2.05) is 13.8 Å². The summed E-state index contributed by atoms with van der Waals surface area (Å²) in [6, 6.07) is 12.8. The van der Waals surface area contributed by atoms with Crippen LogP contribution in [-0.2, 0) is 10.0 Å². The maximum atomic E-state index is 12.5. The molecule has 0 aromatic heterocycles. The van der Waals surface area contributed by atoms with Gasteiger partial charge in [-0.2, -0.15) is 0 Å². The summed E-state index contributed by atoms with van der Waals surface area (Å²) < 4.78 is 28.2. The van der Waals surface area contributed by atoms with Gasteiger partial charge in [0.15, 0.2) is 0 Å². The minimum atomic E-state index is -3.77. The number of rotatable bonds is 5. The van der Waals surface area contributed by atoms with Crippen molar-refractivity contribution in [2.75, 3.05) is 4.72 Å². The van der Waals surface area contributed by atoms with Crippen LogP contribution in [0.15, 0.2) is 57.9 Å². The first-order valence-corrected chi connectivity index (χ1v) is 9.25. The monoisotopic (exact) mass is 396 g/mol. The van der Waals surface area contributed by atoms with E-state index in [4.69, 9.17) is 0 Å². The van der Waals surface area contributed by atoms with E-state index in [2.05, 4.69) is 26.0 Å². The van der Waals surface area contributed by atoms with Crippen molar-refractivity contribution in [2.24, 2.45) is 0 Å². The standard InChI is InChI=1S/C16H17BrN2O3S/c1-11(2)18-16(20)12-5-3-8-15(9-12)23(21,22)19-14-7-4-6-13(17)10-14/h3-11,19H,1-2H3,(H,18,20). The molecule has 0 aliphatic carbocycles. The topological polar surface area (TPSA) is 75.3 Å². The Morgan fingerprint density at radius 3 is 2.43 bits per heavy atom. The van der Waals surface area contributed by atoms with Gasteiger partial charge in [-0.3, -0.25) is 9.52 Å². The molecule has 0 saturated carbocycles. The molecule has 0 aliphatic heterocycles. The molecule has 0 radical (unpaired) electrons. The Kier molecular flexibility index (Phi) is 5.43. The molecule has 2 rings (SSSR count). The van der Waals surface area contributed by atoms with E-state index in [9.17, 15) is 13.2 Å². The molecule has 5 nitrogen and oxygen atoms in total. The van der Waals surface area contributed by atoms with Gasteiger partial charge in [-0.1, -0.05) is 28.1 Å². The fourth-order valence-electron chi connectivity index (χ4n) is 1.92. The van der Waals surface area contributed by atoms with Crippen LogP contribution in [0.3, 0.4) is 0 Å². The maximum absolute atomic E-state index is 12.5. The molecule has 1 amide bonds. The summed E-state index contributed by atoms with van der Waals surface area (Å²) in [5, 5.41) is 2.73. The molecular formula is C16H17BrN2O3S. The van der Waals surface area contributed by atoms with Crippen molar-refractivity contribution in [2.45, 2.75) is 24.8 Å². The lowest BCUT2D eigenvalue weighted by molar-refractivity contribution is 0.0943. The number of benzene rings is 2. The largest absolute Gasteiger partial charge is 0.350 e. The molecule has 2 aromatic carbocycles. The Balaban J connectivity index is 2.28. The number of anilines is 1. The molecule has 0 bridgehead atoms. The zero-order valence-electron chi connectivity index (χ0n) is 12.7. The van der Waals surface area contributed by atoms with Crippen LogP contribution in [0.5, 0.6) is 0 Å². The Hall–Kier alpha value is -1.86. The van der Waals surface area contributed by atoms with Gasteiger partial charge in [-0.05, 0) is 50.2 Å². The number of sulfonamides is 1. The molecule has 0 fully saturated rings. The zero-order chi connectivity index (χ0) is 17.0. The Morgan fingerprint density at radius 1 is 1.09 bits per heavy atom. The summed E-state index contributed by atoms with van der Waals surface area (Å²) in [6.07, 6.45) is 0. The minimum absolute atomic E-state index is 0.0254. The Morgan fingerprint density at radius 2 is 1.78 bits per heavy atom. The summed E-state index contributed by atoms with van der Waals surface area (Å²) in [5.41, 5.74) is 0.743. The summed E-state index contributed by atoms with van der Waals surface area (Å²) >= 11 is 3.29. The molecule has 122 valence electrons. The number of hydrogen-bond donors (Lipinski definition) is 2. The predicted octanol–water partition coefficient (Wildman–Crippen LogP) is 3.39. The van der Waals surface area contributed by atoms with Gasteiger partial charge in [0, 0.05) is 21.8 Å². The number of hydrogen-bond acceptors (Lipinski definition) is 3. The lowest BCUT2D eigenvalue weighted by atomic mass is 10.2. The van der Waals surface area contributed by atoms with Crippen molar-refractivity contribution in [3.63, 3.8) is 0 Å². The fourth-order valence-corrected chi connectivity index (χ4v) is 3.41. The second-order valence-electron chi connectivity index (χ2n) is 5.27. The first-order valence-electron chi connectivity index (χ1n) is 6.97. The van der Waals surface area contributed by atoms with E-state index in [-0.39, 0.29) is 16.8 Å². The number of amides is 1. The third-order valence-corrected chi connectivity index (χ3v) is 4.78. The number of carbonyl (C=O) groups is 1. The average molecular weight is 397 g/mol. The Labute approximate surface area is 144 Å². The molecule has 0 atom stereocenters. The van der Waals surface area contributed by atoms with Gasteiger partial charge >= 0.3 is 0 Å². The zero-order valence-corrected chi connectivity index (χ0v) is 15.1. The average Bonchev–Trinajstić information content (AvgIpc) is 2.46. The van der Waals surface area contributed by atoms with Gasteiger partial charge in [-0.15, -0.1) is 0 Å². The van der Waals surface area contributed by atoms with Crippen LogP contribution >= 0.6 is 15.9 Å². The highest BCUT2D eigenvalue weighted by Crippen LogP contribution is 2.20. The van der Waals surface area contributed by atoms with Gasteiger partial charge in [0.1, 0.15) is 0 Å². The Bertz CT molecular complexity index is 820. The summed E-state index contributed by atoms with van der Waals surface area (Å²) in [6.45, 7) is 3.68.